The third-order valence-electron chi connectivity index (χ3n) is 3.68. The second-order valence-electron chi connectivity index (χ2n) is 5.68. The average molecular weight is 445 g/mol. The van der Waals surface area contributed by atoms with Gasteiger partial charge in [-0.1, -0.05) is 35.3 Å². The summed E-state index contributed by atoms with van der Waals surface area (Å²) in [5, 5.41) is 35.5. The van der Waals surface area contributed by atoms with Crippen LogP contribution in [-0.4, -0.2) is 37.3 Å². The minimum atomic E-state index is -0.660. The molecule has 0 saturated heterocycles. The summed E-state index contributed by atoms with van der Waals surface area (Å²) in [5.41, 5.74) is 2.95. The zero-order valence-electron chi connectivity index (χ0n) is 14.9. The molecular formula is C17H10Cl2N8O3. The number of hydrogen-bond acceptors (Lipinski definition) is 8. The minimum absolute atomic E-state index is 0.114. The van der Waals surface area contributed by atoms with Crippen molar-refractivity contribution in [3.8, 4) is 17.5 Å². The predicted octanol–water partition coefficient (Wildman–Crippen LogP) is 2.58. The highest BCUT2D eigenvalue weighted by atomic mass is 35.5. The standard InChI is InChI=1S/C17H10Cl2N8O3/c18-13-6-14(19)15(27(29)30)5-11(13)8-21-22-16(28)9-26-24-17(23-25-26)12-4-2-1-3-10(12)7-20/h1-6,8H,9H2,(H,22,28). The van der Waals surface area contributed by atoms with Crippen LogP contribution in [0.25, 0.3) is 11.4 Å². The molecule has 3 aromatic rings. The summed E-state index contributed by atoms with van der Waals surface area (Å²) in [5.74, 6) is -0.382. The summed E-state index contributed by atoms with van der Waals surface area (Å²) in [7, 11) is 0. The van der Waals surface area contributed by atoms with Crippen LogP contribution in [-0.2, 0) is 11.3 Å². The number of rotatable bonds is 6. The first-order valence-corrected chi connectivity index (χ1v) is 8.87. The highest BCUT2D eigenvalue weighted by Crippen LogP contribution is 2.29. The zero-order chi connectivity index (χ0) is 21.7. The molecule has 150 valence electrons. The molecule has 0 radical (unpaired) electrons. The molecule has 30 heavy (non-hydrogen) atoms. The van der Waals surface area contributed by atoms with Crippen LogP contribution in [0.2, 0.25) is 10.0 Å². The molecule has 0 aliphatic heterocycles. The van der Waals surface area contributed by atoms with E-state index >= 15 is 0 Å². The lowest BCUT2D eigenvalue weighted by Gasteiger charge is -2.01. The summed E-state index contributed by atoms with van der Waals surface area (Å²) < 4.78 is 0. The van der Waals surface area contributed by atoms with Crippen molar-refractivity contribution in [3.05, 3.63) is 67.7 Å². The number of nitrogens with zero attached hydrogens (tertiary/aromatic N) is 7. The molecule has 11 nitrogen and oxygen atoms in total. The van der Waals surface area contributed by atoms with E-state index in [1.54, 1.807) is 24.3 Å². The second-order valence-corrected chi connectivity index (χ2v) is 6.49. The van der Waals surface area contributed by atoms with Gasteiger partial charge in [0.25, 0.3) is 11.6 Å². The van der Waals surface area contributed by atoms with Gasteiger partial charge in [0.2, 0.25) is 5.82 Å². The largest absolute Gasteiger partial charge is 0.288 e. The van der Waals surface area contributed by atoms with Crippen LogP contribution in [0.3, 0.4) is 0 Å². The maximum absolute atomic E-state index is 12.0. The Hall–Kier alpha value is -3.88. The molecule has 2 aromatic carbocycles. The molecule has 0 saturated carbocycles. The normalized spacial score (nSPS) is 10.7. The summed E-state index contributed by atoms with van der Waals surface area (Å²) >= 11 is 11.7. The lowest BCUT2D eigenvalue weighted by atomic mass is 10.1. The van der Waals surface area contributed by atoms with Crippen LogP contribution >= 0.6 is 23.2 Å². The Bertz CT molecular complexity index is 1200. The van der Waals surface area contributed by atoms with Gasteiger partial charge in [-0.15, -0.1) is 10.2 Å². The first-order valence-electron chi connectivity index (χ1n) is 8.11. The molecule has 13 heteroatoms. The van der Waals surface area contributed by atoms with Crippen LogP contribution in [0.4, 0.5) is 5.69 Å². The Morgan fingerprint density at radius 3 is 2.83 bits per heavy atom. The number of benzene rings is 2. The van der Waals surface area contributed by atoms with Gasteiger partial charge in [-0.2, -0.15) is 15.2 Å². The van der Waals surface area contributed by atoms with Crippen LogP contribution in [0.15, 0.2) is 41.5 Å². The Morgan fingerprint density at radius 2 is 2.10 bits per heavy atom. The van der Waals surface area contributed by atoms with E-state index in [2.05, 4.69) is 25.9 Å². The maximum atomic E-state index is 12.0. The number of carbonyl (C=O) groups is 1. The van der Waals surface area contributed by atoms with E-state index in [1.165, 1.54) is 6.07 Å². The number of nitriles is 1. The van der Waals surface area contributed by atoms with E-state index in [0.717, 1.165) is 17.1 Å². The van der Waals surface area contributed by atoms with E-state index in [1.807, 2.05) is 6.07 Å². The van der Waals surface area contributed by atoms with Crippen molar-refractivity contribution in [2.45, 2.75) is 6.54 Å². The van der Waals surface area contributed by atoms with Gasteiger partial charge in [0.15, 0.2) is 0 Å². The SMILES string of the molecule is N#Cc1ccccc1-c1nnn(CC(=O)NN=Cc2cc([N+](=O)[O-])c(Cl)cc2Cl)n1. The number of hydrogen-bond donors (Lipinski definition) is 1. The molecule has 3 rings (SSSR count). The fourth-order valence-electron chi connectivity index (χ4n) is 2.32. The van der Waals surface area contributed by atoms with Gasteiger partial charge in [0, 0.05) is 17.2 Å². The van der Waals surface area contributed by atoms with Crippen molar-refractivity contribution in [1.82, 2.24) is 25.6 Å². The van der Waals surface area contributed by atoms with E-state index in [9.17, 15) is 14.9 Å². The molecular weight excluding hydrogens is 435 g/mol. The molecule has 0 spiro atoms. The van der Waals surface area contributed by atoms with Crippen LogP contribution in [0.1, 0.15) is 11.1 Å². The smallest absolute Gasteiger partial charge is 0.271 e. The van der Waals surface area contributed by atoms with Crippen LogP contribution < -0.4 is 5.43 Å². The van der Waals surface area contributed by atoms with Gasteiger partial charge in [-0.05, 0) is 23.4 Å². The summed E-state index contributed by atoms with van der Waals surface area (Å²) in [6.45, 7) is -0.298. The van der Waals surface area contributed by atoms with Crippen molar-refractivity contribution < 1.29 is 9.72 Å². The van der Waals surface area contributed by atoms with Gasteiger partial charge in [-0.25, -0.2) is 5.43 Å². The van der Waals surface area contributed by atoms with E-state index in [4.69, 9.17) is 28.5 Å². The minimum Gasteiger partial charge on any atom is -0.271 e. The molecule has 1 N–H and O–H groups in total. The van der Waals surface area contributed by atoms with Crippen molar-refractivity contribution in [1.29, 1.82) is 5.26 Å². The third-order valence-corrected chi connectivity index (χ3v) is 4.31. The molecule has 0 fully saturated rings. The van der Waals surface area contributed by atoms with E-state index < -0.39 is 10.8 Å². The molecule has 0 atom stereocenters. The fourth-order valence-corrected chi connectivity index (χ4v) is 2.82. The van der Waals surface area contributed by atoms with Crippen molar-refractivity contribution >= 4 is 41.0 Å². The Labute approximate surface area is 178 Å². The van der Waals surface area contributed by atoms with Crippen molar-refractivity contribution in [3.63, 3.8) is 0 Å². The first kappa shape index (κ1) is 20.8. The monoisotopic (exact) mass is 444 g/mol. The number of carbonyl (C=O) groups excluding carboxylic acids is 1. The molecule has 1 amide bonds. The van der Waals surface area contributed by atoms with E-state index in [0.29, 0.717) is 11.1 Å². The average Bonchev–Trinajstić information content (AvgIpc) is 3.17. The molecule has 0 aliphatic rings. The number of nitro benzene ring substituents is 1. The molecule has 1 heterocycles. The predicted molar refractivity (Wildman–Crippen MR) is 107 cm³/mol. The van der Waals surface area contributed by atoms with Gasteiger partial charge >= 0.3 is 0 Å². The molecule has 1 aromatic heterocycles. The maximum Gasteiger partial charge on any atom is 0.288 e. The molecule has 0 unspecified atom stereocenters. The highest BCUT2D eigenvalue weighted by Gasteiger charge is 2.15. The highest BCUT2D eigenvalue weighted by molar-refractivity contribution is 6.37. The number of nitro groups is 1. The van der Waals surface area contributed by atoms with Gasteiger partial charge in [-0.3, -0.25) is 14.9 Å². The quantitative estimate of drug-likeness (QED) is 0.348. The molecule has 0 aliphatic carbocycles. The lowest BCUT2D eigenvalue weighted by Crippen LogP contribution is -2.24. The number of tetrazole rings is 1. The van der Waals surface area contributed by atoms with E-state index in [-0.39, 0.29) is 33.7 Å². The van der Waals surface area contributed by atoms with Gasteiger partial charge in [0.05, 0.1) is 27.8 Å². The number of aromatic nitrogens is 4. The number of nitrogens with one attached hydrogen (secondary N) is 1. The number of amides is 1. The summed E-state index contributed by atoms with van der Waals surface area (Å²) in [6, 6.07) is 11.1. The zero-order valence-corrected chi connectivity index (χ0v) is 16.4. The van der Waals surface area contributed by atoms with Crippen LogP contribution in [0.5, 0.6) is 0 Å². The first-order chi connectivity index (χ1) is 14.4. The third kappa shape index (κ3) is 4.75. The molecule has 0 bridgehead atoms. The topological polar surface area (TPSA) is 152 Å². The number of hydrazone groups is 1. The van der Waals surface area contributed by atoms with Crippen molar-refractivity contribution in [2.24, 2.45) is 5.10 Å². The Balaban J connectivity index is 1.66. The van der Waals surface area contributed by atoms with Crippen molar-refractivity contribution in [2.75, 3.05) is 0 Å². The lowest BCUT2D eigenvalue weighted by molar-refractivity contribution is -0.384. The Morgan fingerprint density at radius 1 is 1.33 bits per heavy atom. The summed E-state index contributed by atoms with van der Waals surface area (Å²) in [6.07, 6.45) is 1.15. The van der Waals surface area contributed by atoms with Gasteiger partial charge in [0.1, 0.15) is 11.6 Å². The van der Waals surface area contributed by atoms with Crippen LogP contribution in [0, 0.1) is 21.4 Å². The summed E-state index contributed by atoms with van der Waals surface area (Å²) in [4.78, 5) is 23.3. The van der Waals surface area contributed by atoms with Gasteiger partial charge < -0.3 is 0 Å². The number of halogens is 2. The Kier molecular flexibility index (Phi) is 6.31. The second kappa shape index (κ2) is 9.08. The fraction of sp³-hybridized carbons (Fsp3) is 0.0588.